The molecule has 0 radical (unpaired) electrons. The molecule has 2 heterocycles. The molecule has 1 aliphatic rings. The maximum absolute atomic E-state index is 11.8. The Kier molecular flexibility index (Phi) is 3.40. The molecule has 0 saturated carbocycles. The zero-order valence-corrected chi connectivity index (χ0v) is 9.27. The lowest BCUT2D eigenvalue weighted by Crippen LogP contribution is -2.42. The van der Waals surface area contributed by atoms with Crippen molar-refractivity contribution in [3.8, 4) is 0 Å². The predicted molar refractivity (Wildman–Crippen MR) is 57.8 cm³/mol. The first-order valence-electron chi connectivity index (χ1n) is 5.33. The number of rotatable bonds is 3. The Morgan fingerprint density at radius 3 is 3.31 bits per heavy atom. The summed E-state index contributed by atoms with van der Waals surface area (Å²) in [5, 5.41) is 9.48. The van der Waals surface area contributed by atoms with Gasteiger partial charge in [0.1, 0.15) is 0 Å². The molecule has 1 unspecified atom stereocenters. The number of aromatic amines is 1. The second-order valence-corrected chi connectivity index (χ2v) is 3.97. The SMILES string of the molecule is CN(Cc1cn[nH]c1)C(=O)NC1CCOC1. The third-order valence-electron chi connectivity index (χ3n) is 2.58. The third kappa shape index (κ3) is 2.73. The van der Waals surface area contributed by atoms with Crippen molar-refractivity contribution < 1.29 is 9.53 Å². The van der Waals surface area contributed by atoms with E-state index in [4.69, 9.17) is 4.74 Å². The summed E-state index contributed by atoms with van der Waals surface area (Å²) in [4.78, 5) is 13.4. The molecular weight excluding hydrogens is 208 g/mol. The van der Waals surface area contributed by atoms with E-state index in [0.29, 0.717) is 13.2 Å². The number of urea groups is 1. The molecule has 1 aromatic rings. The molecule has 1 fully saturated rings. The number of aromatic nitrogens is 2. The highest BCUT2D eigenvalue weighted by Crippen LogP contribution is 2.05. The molecule has 16 heavy (non-hydrogen) atoms. The van der Waals surface area contributed by atoms with E-state index in [0.717, 1.165) is 18.6 Å². The molecule has 1 aromatic heterocycles. The molecule has 1 aliphatic heterocycles. The molecule has 2 N–H and O–H groups in total. The fraction of sp³-hybridized carbons (Fsp3) is 0.600. The lowest BCUT2D eigenvalue weighted by Gasteiger charge is -2.19. The molecule has 1 atom stereocenters. The molecule has 0 spiro atoms. The Hall–Kier alpha value is -1.56. The monoisotopic (exact) mass is 224 g/mol. The maximum atomic E-state index is 11.8. The number of nitrogens with zero attached hydrogens (tertiary/aromatic N) is 2. The first kappa shape index (κ1) is 10.9. The lowest BCUT2D eigenvalue weighted by molar-refractivity contribution is 0.181. The van der Waals surface area contributed by atoms with Crippen LogP contribution in [-0.4, -0.2) is 47.4 Å². The fourth-order valence-corrected chi connectivity index (χ4v) is 1.64. The van der Waals surface area contributed by atoms with E-state index in [9.17, 15) is 4.79 Å². The number of ether oxygens (including phenoxy) is 1. The van der Waals surface area contributed by atoms with Crippen molar-refractivity contribution in [2.24, 2.45) is 0 Å². The van der Waals surface area contributed by atoms with Gasteiger partial charge < -0.3 is 15.0 Å². The predicted octanol–water partition coefficient (Wildman–Crippen LogP) is 0.340. The Morgan fingerprint density at radius 1 is 1.81 bits per heavy atom. The number of amides is 2. The zero-order chi connectivity index (χ0) is 11.4. The molecule has 2 rings (SSSR count). The van der Waals surface area contributed by atoms with Crippen LogP contribution in [0.2, 0.25) is 0 Å². The smallest absolute Gasteiger partial charge is 0.317 e. The number of H-pyrrole nitrogens is 1. The van der Waals surface area contributed by atoms with Crippen LogP contribution in [0.5, 0.6) is 0 Å². The quantitative estimate of drug-likeness (QED) is 0.777. The van der Waals surface area contributed by atoms with Crippen LogP contribution in [0.3, 0.4) is 0 Å². The first-order valence-corrected chi connectivity index (χ1v) is 5.33. The van der Waals surface area contributed by atoms with E-state index in [1.807, 2.05) is 0 Å². The summed E-state index contributed by atoms with van der Waals surface area (Å²) in [5.74, 6) is 0. The van der Waals surface area contributed by atoms with E-state index in [-0.39, 0.29) is 12.1 Å². The molecule has 2 amide bonds. The van der Waals surface area contributed by atoms with Crippen molar-refractivity contribution in [1.82, 2.24) is 20.4 Å². The minimum absolute atomic E-state index is 0.0725. The third-order valence-corrected chi connectivity index (χ3v) is 2.58. The van der Waals surface area contributed by atoms with Crippen LogP contribution in [0, 0.1) is 0 Å². The second kappa shape index (κ2) is 4.98. The molecule has 1 saturated heterocycles. The van der Waals surface area contributed by atoms with Gasteiger partial charge >= 0.3 is 6.03 Å². The highest BCUT2D eigenvalue weighted by Gasteiger charge is 2.19. The van der Waals surface area contributed by atoms with Gasteiger partial charge in [-0.3, -0.25) is 5.10 Å². The van der Waals surface area contributed by atoms with E-state index in [1.165, 1.54) is 0 Å². The number of carbonyl (C=O) groups excluding carboxylic acids is 1. The van der Waals surface area contributed by atoms with Crippen molar-refractivity contribution in [1.29, 1.82) is 0 Å². The molecule has 0 bridgehead atoms. The summed E-state index contributed by atoms with van der Waals surface area (Å²) < 4.78 is 5.20. The number of nitrogens with one attached hydrogen (secondary N) is 2. The second-order valence-electron chi connectivity index (χ2n) is 3.97. The molecule has 6 heteroatoms. The van der Waals surface area contributed by atoms with E-state index < -0.39 is 0 Å². The van der Waals surface area contributed by atoms with Crippen molar-refractivity contribution in [2.75, 3.05) is 20.3 Å². The molecule has 0 aromatic carbocycles. The van der Waals surface area contributed by atoms with Gasteiger partial charge in [-0.2, -0.15) is 5.10 Å². The molecule has 88 valence electrons. The number of carbonyl (C=O) groups is 1. The Morgan fingerprint density at radius 2 is 2.69 bits per heavy atom. The first-order chi connectivity index (χ1) is 7.75. The summed E-state index contributed by atoms with van der Waals surface area (Å²) in [5.41, 5.74) is 0.986. The van der Waals surface area contributed by atoms with Gasteiger partial charge in [0.15, 0.2) is 0 Å². The zero-order valence-electron chi connectivity index (χ0n) is 9.27. The maximum Gasteiger partial charge on any atom is 0.317 e. The summed E-state index contributed by atoms with van der Waals surface area (Å²) in [7, 11) is 1.76. The Labute approximate surface area is 94.0 Å². The minimum atomic E-state index is -0.0725. The molecule has 0 aliphatic carbocycles. The van der Waals surface area contributed by atoms with Crippen LogP contribution >= 0.6 is 0 Å². The van der Waals surface area contributed by atoms with E-state index in [1.54, 1.807) is 24.3 Å². The fourth-order valence-electron chi connectivity index (χ4n) is 1.64. The van der Waals surface area contributed by atoms with Gasteiger partial charge in [-0.05, 0) is 6.42 Å². The molecule has 6 nitrogen and oxygen atoms in total. The van der Waals surface area contributed by atoms with Crippen LogP contribution in [0.4, 0.5) is 4.79 Å². The highest BCUT2D eigenvalue weighted by molar-refractivity contribution is 5.74. The van der Waals surface area contributed by atoms with Gasteiger partial charge in [-0.15, -0.1) is 0 Å². The van der Waals surface area contributed by atoms with Gasteiger partial charge in [0.05, 0.1) is 25.4 Å². The average Bonchev–Trinajstić information content (AvgIpc) is 2.90. The van der Waals surface area contributed by atoms with Crippen LogP contribution < -0.4 is 5.32 Å². The van der Waals surface area contributed by atoms with Crippen LogP contribution in [0.25, 0.3) is 0 Å². The van der Waals surface area contributed by atoms with Crippen molar-refractivity contribution in [3.05, 3.63) is 18.0 Å². The van der Waals surface area contributed by atoms with Gasteiger partial charge in [-0.25, -0.2) is 4.79 Å². The van der Waals surface area contributed by atoms with Gasteiger partial charge in [0, 0.05) is 25.4 Å². The summed E-state index contributed by atoms with van der Waals surface area (Å²) in [6.07, 6.45) is 4.39. The topological polar surface area (TPSA) is 70.2 Å². The summed E-state index contributed by atoms with van der Waals surface area (Å²) >= 11 is 0. The number of hydrogen-bond donors (Lipinski definition) is 2. The van der Waals surface area contributed by atoms with E-state index >= 15 is 0 Å². The number of hydrogen-bond acceptors (Lipinski definition) is 3. The van der Waals surface area contributed by atoms with Gasteiger partial charge in [0.2, 0.25) is 0 Å². The summed E-state index contributed by atoms with van der Waals surface area (Å²) in [6.45, 7) is 1.90. The Bertz CT molecular complexity index is 333. The highest BCUT2D eigenvalue weighted by atomic mass is 16.5. The largest absolute Gasteiger partial charge is 0.379 e. The van der Waals surface area contributed by atoms with Crippen molar-refractivity contribution >= 4 is 6.03 Å². The van der Waals surface area contributed by atoms with Crippen molar-refractivity contribution in [3.63, 3.8) is 0 Å². The van der Waals surface area contributed by atoms with Gasteiger partial charge in [0.25, 0.3) is 0 Å². The van der Waals surface area contributed by atoms with Crippen molar-refractivity contribution in [2.45, 2.75) is 19.0 Å². The summed E-state index contributed by atoms with van der Waals surface area (Å²) in [6, 6.07) is 0.0796. The standard InChI is InChI=1S/C10H16N4O2/c1-14(6-8-4-11-12-5-8)10(15)13-9-2-3-16-7-9/h4-5,9H,2-3,6-7H2,1H3,(H,11,12)(H,13,15). The lowest BCUT2D eigenvalue weighted by atomic mass is 10.3. The van der Waals surface area contributed by atoms with E-state index in [2.05, 4.69) is 15.5 Å². The van der Waals surface area contributed by atoms with Crippen LogP contribution in [-0.2, 0) is 11.3 Å². The van der Waals surface area contributed by atoms with Crippen LogP contribution in [0.1, 0.15) is 12.0 Å². The minimum Gasteiger partial charge on any atom is -0.379 e. The normalized spacial score (nSPS) is 19.7. The Balaban J connectivity index is 1.79. The van der Waals surface area contributed by atoms with Gasteiger partial charge in [-0.1, -0.05) is 0 Å². The van der Waals surface area contributed by atoms with Crippen LogP contribution in [0.15, 0.2) is 12.4 Å². The molecular formula is C10H16N4O2. The average molecular weight is 224 g/mol.